The van der Waals surface area contributed by atoms with Crippen LogP contribution in [0.15, 0.2) is 108 Å². The lowest BCUT2D eigenvalue weighted by Crippen LogP contribution is -2.20. The highest BCUT2D eigenvalue weighted by Crippen LogP contribution is 2.39. The van der Waals surface area contributed by atoms with Gasteiger partial charge in [-0.1, -0.05) is 84.0 Å². The van der Waals surface area contributed by atoms with Gasteiger partial charge in [0.25, 0.3) is 0 Å². The zero-order valence-corrected chi connectivity index (χ0v) is 24.5. The number of nitrogens with zero attached hydrogens (tertiary/aromatic N) is 3. The molecule has 0 radical (unpaired) electrons. The van der Waals surface area contributed by atoms with Gasteiger partial charge in [0.05, 0.1) is 23.4 Å². The number of benzene rings is 4. The molecule has 11 heteroatoms. The number of hydrogen-bond acceptors (Lipinski definition) is 5. The van der Waals surface area contributed by atoms with Crippen molar-refractivity contribution in [1.29, 1.82) is 0 Å². The average Bonchev–Trinajstić information content (AvgIpc) is 3.42. The topological polar surface area (TPSA) is 69.0 Å². The van der Waals surface area contributed by atoms with Crippen LogP contribution in [-0.2, 0) is 23.9 Å². The number of alkyl halides is 3. The van der Waals surface area contributed by atoms with Crippen LogP contribution in [0.1, 0.15) is 21.9 Å². The number of amides is 1. The van der Waals surface area contributed by atoms with Crippen molar-refractivity contribution in [2.45, 2.75) is 29.5 Å². The molecule has 0 aliphatic heterocycles. The molecule has 0 unspecified atom stereocenters. The zero-order valence-electron chi connectivity index (χ0n) is 22.9. The number of methoxy groups -OCH3 is 1. The molecule has 1 aromatic heterocycles. The van der Waals surface area contributed by atoms with Crippen molar-refractivity contribution in [3.8, 4) is 17.1 Å². The number of rotatable bonds is 10. The largest absolute Gasteiger partial charge is 0.497 e. The van der Waals surface area contributed by atoms with Crippen LogP contribution in [0.2, 0.25) is 5.02 Å². The van der Waals surface area contributed by atoms with Gasteiger partial charge in [0.2, 0.25) is 5.91 Å². The van der Waals surface area contributed by atoms with E-state index in [0.29, 0.717) is 35.3 Å². The smallest absolute Gasteiger partial charge is 0.416 e. The van der Waals surface area contributed by atoms with Crippen LogP contribution < -0.4 is 10.1 Å². The van der Waals surface area contributed by atoms with Crippen molar-refractivity contribution in [2.24, 2.45) is 0 Å². The molecule has 5 aromatic rings. The lowest BCUT2D eigenvalue weighted by Gasteiger charge is -2.19. The summed E-state index contributed by atoms with van der Waals surface area (Å²) in [6.45, 7) is 0.517. The minimum Gasteiger partial charge on any atom is -0.497 e. The SMILES string of the molecule is COc1ccc(-c2nnc(S[C@H](C(=O)Nc3cc(C(F)(F)F)ccc3Cl)c3ccccc3)n2CCc2ccccc2)cc1. The van der Waals surface area contributed by atoms with Crippen LogP contribution in [0.3, 0.4) is 0 Å². The molecule has 4 aromatic carbocycles. The van der Waals surface area contributed by atoms with Gasteiger partial charge in [0, 0.05) is 12.1 Å². The fourth-order valence-corrected chi connectivity index (χ4v) is 5.65. The van der Waals surface area contributed by atoms with Gasteiger partial charge in [0.1, 0.15) is 11.0 Å². The fourth-order valence-electron chi connectivity index (χ4n) is 4.42. The molecule has 43 heavy (non-hydrogen) atoms. The molecule has 220 valence electrons. The van der Waals surface area contributed by atoms with Crippen LogP contribution >= 0.6 is 23.4 Å². The zero-order chi connectivity index (χ0) is 30.4. The van der Waals surface area contributed by atoms with Crippen LogP contribution in [0.5, 0.6) is 5.75 Å². The first-order valence-electron chi connectivity index (χ1n) is 13.2. The van der Waals surface area contributed by atoms with E-state index in [9.17, 15) is 18.0 Å². The van der Waals surface area contributed by atoms with Crippen molar-refractivity contribution >= 4 is 35.0 Å². The number of nitrogens with one attached hydrogen (secondary N) is 1. The highest BCUT2D eigenvalue weighted by molar-refractivity contribution is 8.00. The van der Waals surface area contributed by atoms with Crippen LogP contribution in [-0.4, -0.2) is 27.8 Å². The Kier molecular flexibility index (Phi) is 9.37. The maximum atomic E-state index is 13.7. The fraction of sp³-hybridized carbons (Fsp3) is 0.156. The summed E-state index contributed by atoms with van der Waals surface area (Å²) in [7, 11) is 1.59. The van der Waals surface area contributed by atoms with Crippen LogP contribution in [0.25, 0.3) is 11.4 Å². The summed E-state index contributed by atoms with van der Waals surface area (Å²) in [4.78, 5) is 13.7. The van der Waals surface area contributed by atoms with E-state index >= 15 is 0 Å². The summed E-state index contributed by atoms with van der Waals surface area (Å²) in [6.07, 6.45) is -3.91. The second-order valence-corrected chi connectivity index (χ2v) is 11.0. The Labute approximate surface area is 255 Å². The number of carbonyl (C=O) groups excluding carboxylic acids is 1. The van der Waals surface area contributed by atoms with E-state index in [2.05, 4.69) is 15.5 Å². The lowest BCUT2D eigenvalue weighted by atomic mass is 10.1. The molecule has 0 spiro atoms. The van der Waals surface area contributed by atoms with Gasteiger partial charge in [-0.25, -0.2) is 0 Å². The maximum Gasteiger partial charge on any atom is 0.416 e. The molecule has 1 atom stereocenters. The number of aryl methyl sites for hydroxylation is 1. The molecule has 5 rings (SSSR count). The quantitative estimate of drug-likeness (QED) is 0.159. The molecule has 0 saturated heterocycles. The van der Waals surface area contributed by atoms with E-state index in [1.54, 1.807) is 31.4 Å². The Hall–Kier alpha value is -4.28. The van der Waals surface area contributed by atoms with Gasteiger partial charge in [-0.3, -0.25) is 4.79 Å². The minimum absolute atomic E-state index is 0.00835. The van der Waals surface area contributed by atoms with E-state index < -0.39 is 22.9 Å². The Morgan fingerprint density at radius 1 is 0.953 bits per heavy atom. The van der Waals surface area contributed by atoms with Crippen molar-refractivity contribution in [1.82, 2.24) is 14.8 Å². The summed E-state index contributed by atoms with van der Waals surface area (Å²) >= 11 is 7.35. The van der Waals surface area contributed by atoms with Gasteiger partial charge in [-0.2, -0.15) is 13.2 Å². The number of hydrogen-bond donors (Lipinski definition) is 1. The predicted molar refractivity (Wildman–Crippen MR) is 162 cm³/mol. The first-order chi connectivity index (χ1) is 20.7. The van der Waals surface area contributed by atoms with Gasteiger partial charge in [-0.15, -0.1) is 10.2 Å². The van der Waals surface area contributed by atoms with E-state index in [1.807, 2.05) is 65.2 Å². The Balaban J connectivity index is 1.50. The first-order valence-corrected chi connectivity index (χ1v) is 14.5. The van der Waals surface area contributed by atoms with Crippen molar-refractivity contribution in [3.05, 3.63) is 125 Å². The number of ether oxygens (including phenoxy) is 1. The minimum atomic E-state index is -4.59. The van der Waals surface area contributed by atoms with Gasteiger partial charge in [0.15, 0.2) is 11.0 Å². The monoisotopic (exact) mass is 622 g/mol. The molecule has 0 saturated carbocycles. The second-order valence-electron chi connectivity index (χ2n) is 9.51. The number of anilines is 1. The molecule has 1 amide bonds. The van der Waals surface area contributed by atoms with Crippen molar-refractivity contribution in [3.63, 3.8) is 0 Å². The van der Waals surface area contributed by atoms with Gasteiger partial charge >= 0.3 is 6.18 Å². The number of aromatic nitrogens is 3. The Morgan fingerprint density at radius 2 is 1.63 bits per heavy atom. The molecule has 1 N–H and O–H groups in total. The summed E-state index contributed by atoms with van der Waals surface area (Å²) < 4.78 is 47.4. The predicted octanol–water partition coefficient (Wildman–Crippen LogP) is 8.34. The summed E-state index contributed by atoms with van der Waals surface area (Å²) in [5.74, 6) is 0.748. The van der Waals surface area contributed by atoms with Crippen LogP contribution in [0.4, 0.5) is 18.9 Å². The Morgan fingerprint density at radius 3 is 2.28 bits per heavy atom. The molecular formula is C32H26ClF3N4O2S. The summed E-state index contributed by atoms with van der Waals surface area (Å²) in [5, 5.41) is 11.1. The maximum absolute atomic E-state index is 13.7. The third kappa shape index (κ3) is 7.39. The average molecular weight is 623 g/mol. The third-order valence-corrected chi connectivity index (χ3v) is 8.21. The standard InChI is InChI=1S/C32H26ClF3N4O2S/c1-42-25-15-12-23(13-16-25)29-38-39-31(40(29)19-18-21-8-4-2-5-9-21)43-28(22-10-6-3-7-11-22)30(41)37-27-20-24(32(34,35)36)14-17-26(27)33/h2-17,20,28H,18-19H2,1H3,(H,37,41)/t28-/m0/s1. The van der Waals surface area contributed by atoms with Crippen LogP contribution in [0, 0.1) is 0 Å². The summed E-state index contributed by atoms with van der Waals surface area (Å²) in [5.41, 5.74) is 1.51. The van der Waals surface area contributed by atoms with Crippen molar-refractivity contribution < 1.29 is 22.7 Å². The molecule has 0 fully saturated rings. The molecule has 0 aliphatic carbocycles. The van der Waals surface area contributed by atoms with E-state index in [1.165, 1.54) is 0 Å². The molecular weight excluding hydrogens is 597 g/mol. The highest BCUT2D eigenvalue weighted by Gasteiger charge is 2.32. The van der Waals surface area contributed by atoms with Crippen molar-refractivity contribution in [2.75, 3.05) is 12.4 Å². The molecule has 6 nitrogen and oxygen atoms in total. The third-order valence-electron chi connectivity index (χ3n) is 6.65. The summed E-state index contributed by atoms with van der Waals surface area (Å²) in [6, 6.07) is 29.1. The first kappa shape index (κ1) is 30.2. The molecule has 0 bridgehead atoms. The van der Waals surface area contributed by atoms with Gasteiger partial charge in [-0.05, 0) is 60.0 Å². The second kappa shape index (κ2) is 13.4. The lowest BCUT2D eigenvalue weighted by molar-refractivity contribution is -0.137. The van der Waals surface area contributed by atoms with Gasteiger partial charge < -0.3 is 14.6 Å². The number of carbonyl (C=O) groups is 1. The Bertz CT molecular complexity index is 1680. The normalized spacial score (nSPS) is 12.1. The van der Waals surface area contributed by atoms with E-state index in [-0.39, 0.29) is 10.7 Å². The highest BCUT2D eigenvalue weighted by atomic mass is 35.5. The number of thioether (sulfide) groups is 1. The molecule has 1 heterocycles. The van der Waals surface area contributed by atoms with E-state index in [0.717, 1.165) is 41.1 Å². The molecule has 0 aliphatic rings. The number of halogens is 4. The van der Waals surface area contributed by atoms with E-state index in [4.69, 9.17) is 16.3 Å².